The van der Waals surface area contributed by atoms with Crippen molar-refractivity contribution < 1.29 is 14.6 Å². The molecule has 0 aliphatic rings. The molecule has 0 heterocycles. The quantitative estimate of drug-likeness (QED) is 0.768. The van der Waals surface area contributed by atoms with E-state index in [4.69, 9.17) is 9.84 Å². The van der Waals surface area contributed by atoms with Crippen molar-refractivity contribution in [2.24, 2.45) is 0 Å². The van der Waals surface area contributed by atoms with Gasteiger partial charge in [0.2, 0.25) is 0 Å². The molecule has 0 fully saturated rings. The number of ether oxygens (including phenoxy) is 1. The maximum atomic E-state index is 11.8. The van der Waals surface area contributed by atoms with Crippen molar-refractivity contribution >= 4 is 5.91 Å². The van der Waals surface area contributed by atoms with Crippen LogP contribution in [0.1, 0.15) is 22.3 Å². The normalized spacial score (nSPS) is 10.1. The first kappa shape index (κ1) is 15.1. The van der Waals surface area contributed by atoms with Gasteiger partial charge in [-0.25, -0.2) is 0 Å². The largest absolute Gasteiger partial charge is 0.494 e. The number of aliphatic hydroxyl groups is 1. The van der Waals surface area contributed by atoms with Crippen LogP contribution in [-0.2, 0) is 6.61 Å². The third kappa shape index (κ3) is 4.93. The van der Waals surface area contributed by atoms with Gasteiger partial charge >= 0.3 is 0 Å². The molecular formula is C17H19NO3. The Morgan fingerprint density at radius 2 is 1.76 bits per heavy atom. The molecule has 1 amide bonds. The van der Waals surface area contributed by atoms with Gasteiger partial charge in [-0.3, -0.25) is 4.79 Å². The van der Waals surface area contributed by atoms with Crippen molar-refractivity contribution in [2.45, 2.75) is 13.0 Å². The Hall–Kier alpha value is -2.33. The maximum Gasteiger partial charge on any atom is 0.251 e. The van der Waals surface area contributed by atoms with E-state index in [0.717, 1.165) is 17.7 Å². The van der Waals surface area contributed by atoms with Gasteiger partial charge < -0.3 is 15.2 Å². The van der Waals surface area contributed by atoms with E-state index in [0.29, 0.717) is 18.7 Å². The summed E-state index contributed by atoms with van der Waals surface area (Å²) in [6, 6.07) is 16.4. The Bertz CT molecular complexity index is 552. The summed E-state index contributed by atoms with van der Waals surface area (Å²) in [5.41, 5.74) is 1.52. The molecule has 0 atom stereocenters. The van der Waals surface area contributed by atoms with Gasteiger partial charge in [0.15, 0.2) is 0 Å². The van der Waals surface area contributed by atoms with Crippen LogP contribution in [0.3, 0.4) is 0 Å². The SMILES string of the molecule is O=C(NCCCOc1ccc(CO)cc1)c1ccccc1. The summed E-state index contributed by atoms with van der Waals surface area (Å²) in [5, 5.41) is 11.8. The van der Waals surface area contributed by atoms with Crippen LogP contribution >= 0.6 is 0 Å². The van der Waals surface area contributed by atoms with Crippen molar-refractivity contribution in [3.05, 3.63) is 65.7 Å². The van der Waals surface area contributed by atoms with Gasteiger partial charge in [0, 0.05) is 12.1 Å². The highest BCUT2D eigenvalue weighted by atomic mass is 16.5. The first-order valence-electron chi connectivity index (χ1n) is 6.95. The first-order chi connectivity index (χ1) is 10.3. The van der Waals surface area contributed by atoms with Gasteiger partial charge in [-0.15, -0.1) is 0 Å². The van der Waals surface area contributed by atoms with E-state index in [1.807, 2.05) is 42.5 Å². The van der Waals surface area contributed by atoms with Crippen molar-refractivity contribution in [3.8, 4) is 5.75 Å². The summed E-state index contributed by atoms with van der Waals surface area (Å²) in [6.07, 6.45) is 0.736. The fourth-order valence-electron chi connectivity index (χ4n) is 1.85. The molecule has 2 aromatic rings. The Labute approximate surface area is 124 Å². The van der Waals surface area contributed by atoms with E-state index < -0.39 is 0 Å². The van der Waals surface area contributed by atoms with Gasteiger partial charge in [-0.2, -0.15) is 0 Å². The molecule has 0 saturated carbocycles. The van der Waals surface area contributed by atoms with Crippen molar-refractivity contribution in [2.75, 3.05) is 13.2 Å². The fourth-order valence-corrected chi connectivity index (χ4v) is 1.85. The molecule has 0 spiro atoms. The third-order valence-corrected chi connectivity index (χ3v) is 3.02. The van der Waals surface area contributed by atoms with Crippen LogP contribution in [0.4, 0.5) is 0 Å². The minimum Gasteiger partial charge on any atom is -0.494 e. The van der Waals surface area contributed by atoms with Gasteiger partial charge in [-0.05, 0) is 36.2 Å². The second kappa shape index (κ2) is 8.07. The minimum absolute atomic E-state index is 0.0335. The lowest BCUT2D eigenvalue weighted by Crippen LogP contribution is -2.25. The standard InChI is InChI=1S/C17H19NO3/c19-13-14-7-9-16(10-8-14)21-12-4-11-18-17(20)15-5-2-1-3-6-15/h1-3,5-10,19H,4,11-13H2,(H,18,20). The summed E-state index contributed by atoms with van der Waals surface area (Å²) >= 11 is 0. The van der Waals surface area contributed by atoms with Crippen molar-refractivity contribution in [1.29, 1.82) is 0 Å². The van der Waals surface area contributed by atoms with E-state index in [1.54, 1.807) is 12.1 Å². The van der Waals surface area contributed by atoms with E-state index in [9.17, 15) is 4.79 Å². The molecular weight excluding hydrogens is 266 g/mol. The number of amides is 1. The van der Waals surface area contributed by atoms with E-state index >= 15 is 0 Å². The predicted molar refractivity (Wildman–Crippen MR) is 81.3 cm³/mol. The van der Waals surface area contributed by atoms with Crippen LogP contribution in [0.15, 0.2) is 54.6 Å². The zero-order chi connectivity index (χ0) is 14.9. The van der Waals surface area contributed by atoms with Crippen molar-refractivity contribution in [1.82, 2.24) is 5.32 Å². The monoisotopic (exact) mass is 285 g/mol. The van der Waals surface area contributed by atoms with Crippen LogP contribution < -0.4 is 10.1 Å². The molecule has 2 N–H and O–H groups in total. The number of carbonyl (C=O) groups excluding carboxylic acids is 1. The first-order valence-corrected chi connectivity index (χ1v) is 6.95. The number of benzene rings is 2. The molecule has 2 aromatic carbocycles. The number of hydrogen-bond donors (Lipinski definition) is 2. The minimum atomic E-state index is -0.0668. The second-order valence-corrected chi connectivity index (χ2v) is 4.63. The lowest BCUT2D eigenvalue weighted by atomic mass is 10.2. The Kier molecular flexibility index (Phi) is 5.79. The summed E-state index contributed by atoms with van der Waals surface area (Å²) in [6.45, 7) is 1.14. The molecule has 21 heavy (non-hydrogen) atoms. The van der Waals surface area contributed by atoms with Crippen molar-refractivity contribution in [3.63, 3.8) is 0 Å². The molecule has 0 radical (unpaired) electrons. The molecule has 4 heteroatoms. The van der Waals surface area contributed by atoms with Crippen LogP contribution in [0, 0.1) is 0 Å². The van der Waals surface area contributed by atoms with Gasteiger partial charge in [0.1, 0.15) is 5.75 Å². The maximum absolute atomic E-state index is 11.8. The smallest absolute Gasteiger partial charge is 0.251 e. The summed E-state index contributed by atoms with van der Waals surface area (Å²) in [5.74, 6) is 0.699. The van der Waals surface area contributed by atoms with Crippen LogP contribution in [0.5, 0.6) is 5.75 Å². The summed E-state index contributed by atoms with van der Waals surface area (Å²) in [7, 11) is 0. The summed E-state index contributed by atoms with van der Waals surface area (Å²) in [4.78, 5) is 11.8. The zero-order valence-electron chi connectivity index (χ0n) is 11.8. The number of aliphatic hydroxyl groups excluding tert-OH is 1. The molecule has 0 aliphatic heterocycles. The number of nitrogens with one attached hydrogen (secondary N) is 1. The molecule has 0 bridgehead atoms. The van der Waals surface area contributed by atoms with E-state index in [-0.39, 0.29) is 12.5 Å². The lowest BCUT2D eigenvalue weighted by Gasteiger charge is -2.08. The highest BCUT2D eigenvalue weighted by molar-refractivity contribution is 5.94. The molecule has 2 rings (SSSR count). The van der Waals surface area contributed by atoms with E-state index in [1.165, 1.54) is 0 Å². The zero-order valence-corrected chi connectivity index (χ0v) is 11.8. The highest BCUT2D eigenvalue weighted by Crippen LogP contribution is 2.12. The van der Waals surface area contributed by atoms with Gasteiger partial charge in [0.25, 0.3) is 5.91 Å². The lowest BCUT2D eigenvalue weighted by molar-refractivity contribution is 0.0951. The number of rotatable bonds is 7. The van der Waals surface area contributed by atoms with E-state index in [2.05, 4.69) is 5.32 Å². The molecule has 4 nitrogen and oxygen atoms in total. The van der Waals surface area contributed by atoms with Gasteiger partial charge in [-0.1, -0.05) is 30.3 Å². The molecule has 110 valence electrons. The van der Waals surface area contributed by atoms with Crippen LogP contribution in [0.25, 0.3) is 0 Å². The van der Waals surface area contributed by atoms with Crippen LogP contribution in [-0.4, -0.2) is 24.2 Å². The Morgan fingerprint density at radius 1 is 1.05 bits per heavy atom. The number of hydrogen-bond acceptors (Lipinski definition) is 3. The summed E-state index contributed by atoms with van der Waals surface area (Å²) < 4.78 is 5.56. The molecule has 0 unspecified atom stereocenters. The van der Waals surface area contributed by atoms with Gasteiger partial charge in [0.05, 0.1) is 13.2 Å². The topological polar surface area (TPSA) is 58.6 Å². The number of carbonyl (C=O) groups is 1. The fraction of sp³-hybridized carbons (Fsp3) is 0.235. The Morgan fingerprint density at radius 3 is 2.43 bits per heavy atom. The van der Waals surface area contributed by atoms with Crippen LogP contribution in [0.2, 0.25) is 0 Å². The average molecular weight is 285 g/mol. The second-order valence-electron chi connectivity index (χ2n) is 4.63. The average Bonchev–Trinajstić information content (AvgIpc) is 2.55. The predicted octanol–water partition coefficient (Wildman–Crippen LogP) is 2.38. The Balaban J connectivity index is 1.64. The highest BCUT2D eigenvalue weighted by Gasteiger charge is 2.02. The molecule has 0 saturated heterocycles. The molecule has 0 aliphatic carbocycles. The molecule has 0 aromatic heterocycles. The third-order valence-electron chi connectivity index (χ3n) is 3.02.